The molecule has 0 amide bonds. The molecule has 0 aliphatic heterocycles. The molecule has 122 valence electrons. The minimum absolute atomic E-state index is 0.0151. The predicted molar refractivity (Wildman–Crippen MR) is 85.5 cm³/mol. The van der Waals surface area contributed by atoms with E-state index in [-0.39, 0.29) is 38.7 Å². The maximum absolute atomic E-state index is 12.6. The van der Waals surface area contributed by atoms with Crippen molar-refractivity contribution >= 4 is 35.0 Å². The molecule has 2 rings (SSSR count). The first-order chi connectivity index (χ1) is 10.8. The Morgan fingerprint density at radius 3 is 2.43 bits per heavy atom. The standard InChI is InChI=1S/C15H14Cl2N2O4/c1-7(2)19-14(21)9(6-18-19)13(20)8-4-5-10(16)11(12(8)17)15(22)23-3/h4-7,21H,1-3H3. The van der Waals surface area contributed by atoms with E-state index in [1.54, 1.807) is 0 Å². The van der Waals surface area contributed by atoms with Crippen LogP contribution in [0.15, 0.2) is 18.3 Å². The summed E-state index contributed by atoms with van der Waals surface area (Å²) in [5, 5.41) is 14.0. The van der Waals surface area contributed by atoms with Crippen molar-refractivity contribution in [2.45, 2.75) is 19.9 Å². The zero-order valence-corrected chi connectivity index (χ0v) is 14.1. The second kappa shape index (κ2) is 6.60. The van der Waals surface area contributed by atoms with E-state index in [1.807, 2.05) is 13.8 Å². The van der Waals surface area contributed by atoms with Gasteiger partial charge in [0.15, 0.2) is 0 Å². The summed E-state index contributed by atoms with van der Waals surface area (Å²) >= 11 is 12.1. The summed E-state index contributed by atoms with van der Waals surface area (Å²) in [6, 6.07) is 2.63. The van der Waals surface area contributed by atoms with Gasteiger partial charge < -0.3 is 9.84 Å². The molecule has 1 aromatic carbocycles. The van der Waals surface area contributed by atoms with Gasteiger partial charge in [0.05, 0.1) is 35.0 Å². The van der Waals surface area contributed by atoms with Crippen molar-refractivity contribution < 1.29 is 19.4 Å². The van der Waals surface area contributed by atoms with Gasteiger partial charge in [-0.2, -0.15) is 5.10 Å². The SMILES string of the molecule is COC(=O)c1c(Cl)ccc(C(=O)c2cnn(C(C)C)c2O)c1Cl. The number of ketones is 1. The predicted octanol–water partition coefficient (Wildman–Crippen LogP) is 3.49. The Kier molecular flexibility index (Phi) is 4.97. The van der Waals surface area contributed by atoms with Crippen molar-refractivity contribution in [3.05, 3.63) is 45.1 Å². The normalized spacial score (nSPS) is 10.9. The summed E-state index contributed by atoms with van der Waals surface area (Å²) in [5.74, 6) is -1.59. The molecule has 0 atom stereocenters. The first-order valence-electron chi connectivity index (χ1n) is 6.67. The molecule has 0 radical (unpaired) electrons. The Labute approximate surface area is 142 Å². The van der Waals surface area contributed by atoms with Crippen molar-refractivity contribution in [2.75, 3.05) is 7.11 Å². The van der Waals surface area contributed by atoms with Crippen LogP contribution in [-0.4, -0.2) is 33.7 Å². The van der Waals surface area contributed by atoms with E-state index in [2.05, 4.69) is 9.84 Å². The Balaban J connectivity index is 2.55. The maximum atomic E-state index is 12.6. The number of ether oxygens (including phenoxy) is 1. The molecular weight excluding hydrogens is 343 g/mol. The van der Waals surface area contributed by atoms with Crippen molar-refractivity contribution in [3.8, 4) is 5.88 Å². The molecule has 0 saturated carbocycles. The number of esters is 1. The molecule has 0 saturated heterocycles. The third-order valence-electron chi connectivity index (χ3n) is 3.23. The van der Waals surface area contributed by atoms with Gasteiger partial charge in [0.2, 0.25) is 11.7 Å². The average Bonchev–Trinajstić information content (AvgIpc) is 2.88. The van der Waals surface area contributed by atoms with Crippen LogP contribution < -0.4 is 0 Å². The lowest BCUT2D eigenvalue weighted by Gasteiger charge is -2.10. The Bertz CT molecular complexity index is 784. The fraction of sp³-hybridized carbons (Fsp3) is 0.267. The molecule has 2 aromatic rings. The number of aromatic nitrogens is 2. The van der Waals surface area contributed by atoms with Crippen LogP contribution in [-0.2, 0) is 4.74 Å². The zero-order valence-electron chi connectivity index (χ0n) is 12.6. The van der Waals surface area contributed by atoms with Gasteiger partial charge in [-0.15, -0.1) is 0 Å². The number of carbonyl (C=O) groups is 2. The minimum Gasteiger partial charge on any atom is -0.493 e. The number of nitrogens with zero attached hydrogens (tertiary/aromatic N) is 2. The Morgan fingerprint density at radius 2 is 1.91 bits per heavy atom. The molecule has 1 heterocycles. The highest BCUT2D eigenvalue weighted by molar-refractivity contribution is 6.41. The van der Waals surface area contributed by atoms with Crippen molar-refractivity contribution in [2.24, 2.45) is 0 Å². The van der Waals surface area contributed by atoms with Gasteiger partial charge in [-0.05, 0) is 26.0 Å². The van der Waals surface area contributed by atoms with Gasteiger partial charge in [-0.1, -0.05) is 23.2 Å². The van der Waals surface area contributed by atoms with Gasteiger partial charge in [-0.3, -0.25) is 4.79 Å². The van der Waals surface area contributed by atoms with Gasteiger partial charge in [-0.25, -0.2) is 9.48 Å². The van der Waals surface area contributed by atoms with Crippen LogP contribution >= 0.6 is 23.2 Å². The van der Waals surface area contributed by atoms with Gasteiger partial charge in [0.1, 0.15) is 5.56 Å². The third kappa shape index (κ3) is 3.04. The quantitative estimate of drug-likeness (QED) is 0.669. The van der Waals surface area contributed by atoms with E-state index < -0.39 is 11.8 Å². The summed E-state index contributed by atoms with van der Waals surface area (Å²) < 4.78 is 5.92. The number of hydrogen-bond acceptors (Lipinski definition) is 5. The smallest absolute Gasteiger partial charge is 0.340 e. The molecule has 0 bridgehead atoms. The lowest BCUT2D eigenvalue weighted by molar-refractivity contribution is 0.0601. The molecule has 1 aromatic heterocycles. The second-order valence-corrected chi connectivity index (χ2v) is 5.81. The van der Waals surface area contributed by atoms with Crippen LogP contribution in [0.25, 0.3) is 0 Å². The number of aromatic hydroxyl groups is 1. The highest BCUT2D eigenvalue weighted by Gasteiger charge is 2.26. The Morgan fingerprint density at radius 1 is 1.26 bits per heavy atom. The summed E-state index contributed by atoms with van der Waals surface area (Å²) in [7, 11) is 1.18. The number of halogens is 2. The first kappa shape index (κ1) is 17.3. The molecule has 8 heteroatoms. The fourth-order valence-corrected chi connectivity index (χ4v) is 2.67. The highest BCUT2D eigenvalue weighted by atomic mass is 35.5. The van der Waals surface area contributed by atoms with Gasteiger partial charge >= 0.3 is 5.97 Å². The van der Waals surface area contributed by atoms with E-state index in [0.29, 0.717) is 0 Å². The largest absolute Gasteiger partial charge is 0.493 e. The third-order valence-corrected chi connectivity index (χ3v) is 3.94. The molecule has 1 N–H and O–H groups in total. The second-order valence-electron chi connectivity index (χ2n) is 5.02. The Hall–Kier alpha value is -2.05. The first-order valence-corrected chi connectivity index (χ1v) is 7.42. The number of carbonyl (C=O) groups excluding carboxylic acids is 2. The van der Waals surface area contributed by atoms with E-state index in [0.717, 1.165) is 0 Å². The molecule has 0 aliphatic rings. The van der Waals surface area contributed by atoms with Crippen molar-refractivity contribution in [1.29, 1.82) is 0 Å². The minimum atomic E-state index is -0.753. The van der Waals surface area contributed by atoms with Crippen molar-refractivity contribution in [1.82, 2.24) is 9.78 Å². The van der Waals surface area contributed by atoms with Gasteiger partial charge in [0.25, 0.3) is 0 Å². The lowest BCUT2D eigenvalue weighted by Crippen LogP contribution is -2.09. The summed E-state index contributed by atoms with van der Waals surface area (Å²) in [5.41, 5.74) is -0.0914. The summed E-state index contributed by atoms with van der Waals surface area (Å²) in [6.07, 6.45) is 1.25. The molecule has 23 heavy (non-hydrogen) atoms. The topological polar surface area (TPSA) is 81.4 Å². The van der Waals surface area contributed by atoms with Crippen LogP contribution in [0.5, 0.6) is 5.88 Å². The highest BCUT2D eigenvalue weighted by Crippen LogP contribution is 2.32. The number of rotatable bonds is 4. The van der Waals surface area contributed by atoms with Crippen molar-refractivity contribution in [3.63, 3.8) is 0 Å². The molecule has 0 aliphatic carbocycles. The van der Waals surface area contributed by atoms with Crippen LogP contribution in [0.1, 0.15) is 46.2 Å². The zero-order chi connectivity index (χ0) is 17.3. The number of benzene rings is 1. The van der Waals surface area contributed by atoms with Crippen LogP contribution in [0.2, 0.25) is 10.0 Å². The van der Waals surface area contributed by atoms with E-state index in [4.69, 9.17) is 23.2 Å². The molecule has 0 unspecified atom stereocenters. The van der Waals surface area contributed by atoms with Crippen LogP contribution in [0.3, 0.4) is 0 Å². The molecule has 0 spiro atoms. The number of hydrogen-bond donors (Lipinski definition) is 1. The van der Waals surface area contributed by atoms with Crippen LogP contribution in [0.4, 0.5) is 0 Å². The molecule has 0 fully saturated rings. The summed E-state index contributed by atoms with van der Waals surface area (Å²) in [6.45, 7) is 3.62. The van der Waals surface area contributed by atoms with Gasteiger partial charge in [0, 0.05) is 5.56 Å². The lowest BCUT2D eigenvalue weighted by atomic mass is 10.0. The van der Waals surface area contributed by atoms with E-state index >= 15 is 0 Å². The number of methoxy groups -OCH3 is 1. The fourth-order valence-electron chi connectivity index (χ4n) is 2.06. The average molecular weight is 357 g/mol. The van der Waals surface area contributed by atoms with E-state index in [9.17, 15) is 14.7 Å². The van der Waals surface area contributed by atoms with Crippen LogP contribution in [0, 0.1) is 0 Å². The monoisotopic (exact) mass is 356 g/mol. The summed E-state index contributed by atoms with van der Waals surface area (Å²) in [4.78, 5) is 24.4. The molecule has 6 nitrogen and oxygen atoms in total. The van der Waals surface area contributed by atoms with E-state index in [1.165, 1.54) is 30.1 Å². The maximum Gasteiger partial charge on any atom is 0.340 e. The molecular formula is C15H14Cl2N2O4.